The van der Waals surface area contributed by atoms with Crippen molar-refractivity contribution in [1.29, 1.82) is 0 Å². The highest BCUT2D eigenvalue weighted by atomic mass is 16.5. The van der Waals surface area contributed by atoms with Crippen molar-refractivity contribution in [3.8, 4) is 5.88 Å². The monoisotopic (exact) mass is 274 g/mol. The van der Waals surface area contributed by atoms with Crippen LogP contribution in [0.3, 0.4) is 0 Å². The number of rotatable bonds is 3. The Labute approximate surface area is 120 Å². The lowest BCUT2D eigenvalue weighted by Crippen LogP contribution is -2.51. The molecular weight excluding hydrogens is 252 g/mol. The van der Waals surface area contributed by atoms with E-state index in [1.165, 1.54) is 19.3 Å². The standard InChI is InChI=1S/C16H22N2O2/c1-18-12-5-3-6-13(18)10-11(9-12)16(19)14-7-4-8-15(17-14)20-2/h4,7-8,11-13H,3,5-6,9-10H2,1-2H3. The molecule has 20 heavy (non-hydrogen) atoms. The van der Waals surface area contributed by atoms with Crippen LogP contribution in [-0.2, 0) is 0 Å². The quantitative estimate of drug-likeness (QED) is 0.794. The molecule has 0 aliphatic carbocycles. The second kappa shape index (κ2) is 5.52. The zero-order valence-electron chi connectivity index (χ0n) is 12.2. The van der Waals surface area contributed by atoms with Crippen LogP contribution < -0.4 is 4.74 Å². The van der Waals surface area contributed by atoms with E-state index < -0.39 is 0 Å². The number of aromatic nitrogens is 1. The first-order valence-corrected chi connectivity index (χ1v) is 7.46. The molecule has 2 atom stereocenters. The minimum atomic E-state index is 0.126. The molecule has 2 aliphatic rings. The van der Waals surface area contributed by atoms with Gasteiger partial charge < -0.3 is 9.64 Å². The lowest BCUT2D eigenvalue weighted by atomic mass is 9.76. The van der Waals surface area contributed by atoms with E-state index in [1.54, 1.807) is 19.2 Å². The predicted molar refractivity (Wildman–Crippen MR) is 77.0 cm³/mol. The molecule has 2 saturated heterocycles. The molecule has 2 fully saturated rings. The normalized spacial score (nSPS) is 30.0. The third-order valence-electron chi connectivity index (χ3n) is 4.90. The fraction of sp³-hybridized carbons (Fsp3) is 0.625. The molecule has 1 aromatic heterocycles. The Morgan fingerprint density at radius 2 is 2.00 bits per heavy atom. The largest absolute Gasteiger partial charge is 0.481 e. The summed E-state index contributed by atoms with van der Waals surface area (Å²) in [6.45, 7) is 0. The second-order valence-electron chi connectivity index (χ2n) is 6.00. The lowest BCUT2D eigenvalue weighted by Gasteiger charge is -2.46. The van der Waals surface area contributed by atoms with Crippen LogP contribution >= 0.6 is 0 Å². The molecule has 108 valence electrons. The van der Waals surface area contributed by atoms with Crippen molar-refractivity contribution < 1.29 is 9.53 Å². The molecule has 4 heteroatoms. The first-order chi connectivity index (χ1) is 9.69. The molecule has 2 bridgehead atoms. The van der Waals surface area contributed by atoms with Gasteiger partial charge in [-0.2, -0.15) is 0 Å². The van der Waals surface area contributed by atoms with Gasteiger partial charge in [-0.1, -0.05) is 12.5 Å². The van der Waals surface area contributed by atoms with Crippen LogP contribution in [0.5, 0.6) is 5.88 Å². The number of carbonyl (C=O) groups is 1. The van der Waals surface area contributed by atoms with Crippen molar-refractivity contribution in [3.63, 3.8) is 0 Å². The number of ketones is 1. The summed E-state index contributed by atoms with van der Waals surface area (Å²) in [5.41, 5.74) is 0.553. The maximum atomic E-state index is 12.7. The Balaban J connectivity index is 1.77. The molecule has 2 unspecified atom stereocenters. The van der Waals surface area contributed by atoms with E-state index >= 15 is 0 Å². The van der Waals surface area contributed by atoms with Crippen LogP contribution in [0.2, 0.25) is 0 Å². The van der Waals surface area contributed by atoms with Crippen LogP contribution in [0.1, 0.15) is 42.6 Å². The molecular formula is C16H22N2O2. The predicted octanol–water partition coefficient (Wildman–Crippen LogP) is 2.54. The van der Waals surface area contributed by atoms with E-state index in [-0.39, 0.29) is 11.7 Å². The van der Waals surface area contributed by atoms with E-state index in [0.29, 0.717) is 23.7 Å². The van der Waals surface area contributed by atoms with E-state index in [0.717, 1.165) is 12.8 Å². The molecule has 0 aromatic carbocycles. The topological polar surface area (TPSA) is 42.4 Å². The smallest absolute Gasteiger partial charge is 0.213 e. The van der Waals surface area contributed by atoms with E-state index in [4.69, 9.17) is 4.74 Å². The van der Waals surface area contributed by atoms with E-state index in [2.05, 4.69) is 16.9 Å². The van der Waals surface area contributed by atoms with Crippen molar-refractivity contribution in [1.82, 2.24) is 9.88 Å². The lowest BCUT2D eigenvalue weighted by molar-refractivity contribution is 0.0336. The van der Waals surface area contributed by atoms with Crippen molar-refractivity contribution in [2.45, 2.75) is 44.2 Å². The number of carbonyl (C=O) groups excluding carboxylic acids is 1. The fourth-order valence-electron chi connectivity index (χ4n) is 3.70. The highest BCUT2D eigenvalue weighted by Crippen LogP contribution is 2.37. The molecule has 0 N–H and O–H groups in total. The maximum absolute atomic E-state index is 12.7. The average Bonchev–Trinajstić information content (AvgIpc) is 2.46. The number of Topliss-reactive ketones (excluding diaryl/α,β-unsaturated/α-hetero) is 1. The average molecular weight is 274 g/mol. The van der Waals surface area contributed by atoms with Gasteiger partial charge in [-0.3, -0.25) is 4.79 Å². The van der Waals surface area contributed by atoms with Gasteiger partial charge in [-0.15, -0.1) is 0 Å². The molecule has 0 saturated carbocycles. The van der Waals surface area contributed by atoms with E-state index in [1.807, 2.05) is 6.07 Å². The van der Waals surface area contributed by atoms with Gasteiger partial charge in [0.2, 0.25) is 5.88 Å². The Bertz CT molecular complexity index is 489. The van der Waals surface area contributed by atoms with Crippen LogP contribution in [0, 0.1) is 5.92 Å². The van der Waals surface area contributed by atoms with Crippen LogP contribution in [0.25, 0.3) is 0 Å². The van der Waals surface area contributed by atoms with Gasteiger partial charge >= 0.3 is 0 Å². The highest BCUT2D eigenvalue weighted by Gasteiger charge is 2.39. The molecule has 2 aliphatic heterocycles. The summed E-state index contributed by atoms with van der Waals surface area (Å²) in [6, 6.07) is 6.57. The summed E-state index contributed by atoms with van der Waals surface area (Å²) in [5.74, 6) is 0.832. The third-order valence-corrected chi connectivity index (χ3v) is 4.90. The van der Waals surface area contributed by atoms with E-state index in [9.17, 15) is 4.79 Å². The summed E-state index contributed by atoms with van der Waals surface area (Å²) in [4.78, 5) is 19.4. The van der Waals surface area contributed by atoms with Gasteiger partial charge in [0.15, 0.2) is 5.78 Å². The summed E-state index contributed by atoms with van der Waals surface area (Å²) < 4.78 is 5.11. The third kappa shape index (κ3) is 2.44. The summed E-state index contributed by atoms with van der Waals surface area (Å²) >= 11 is 0. The van der Waals surface area contributed by atoms with Crippen LogP contribution in [0.4, 0.5) is 0 Å². The second-order valence-corrected chi connectivity index (χ2v) is 6.00. The Hall–Kier alpha value is -1.42. The number of piperidine rings is 2. The number of ether oxygens (including phenoxy) is 1. The number of methoxy groups -OCH3 is 1. The zero-order chi connectivity index (χ0) is 14.1. The van der Waals surface area contributed by atoms with Crippen molar-refractivity contribution in [3.05, 3.63) is 23.9 Å². The Morgan fingerprint density at radius 1 is 1.30 bits per heavy atom. The first kappa shape index (κ1) is 13.6. The first-order valence-electron chi connectivity index (χ1n) is 7.46. The van der Waals surface area contributed by atoms with Gasteiger partial charge in [0, 0.05) is 24.1 Å². The molecule has 3 rings (SSSR count). The molecule has 0 spiro atoms. The van der Waals surface area contributed by atoms with Gasteiger partial charge in [-0.25, -0.2) is 4.98 Å². The Morgan fingerprint density at radius 3 is 2.65 bits per heavy atom. The minimum Gasteiger partial charge on any atom is -0.481 e. The van der Waals surface area contributed by atoms with Gasteiger partial charge in [-0.05, 0) is 38.8 Å². The molecule has 3 heterocycles. The van der Waals surface area contributed by atoms with Gasteiger partial charge in [0.1, 0.15) is 5.69 Å². The highest BCUT2D eigenvalue weighted by molar-refractivity contribution is 5.96. The minimum absolute atomic E-state index is 0.126. The number of fused-ring (bicyclic) bond motifs is 2. The van der Waals surface area contributed by atoms with Crippen molar-refractivity contribution >= 4 is 5.78 Å². The van der Waals surface area contributed by atoms with Crippen molar-refractivity contribution in [2.24, 2.45) is 5.92 Å². The molecule has 4 nitrogen and oxygen atoms in total. The SMILES string of the molecule is COc1cccc(C(=O)C2CC3CCCC(C2)N3C)n1. The Kier molecular flexibility index (Phi) is 3.74. The zero-order valence-corrected chi connectivity index (χ0v) is 12.2. The molecule has 0 amide bonds. The van der Waals surface area contributed by atoms with Crippen molar-refractivity contribution in [2.75, 3.05) is 14.2 Å². The summed E-state index contributed by atoms with van der Waals surface area (Å²) in [5, 5.41) is 0. The van der Waals surface area contributed by atoms with Crippen LogP contribution in [-0.4, -0.2) is 41.9 Å². The fourth-order valence-corrected chi connectivity index (χ4v) is 3.70. The molecule has 0 radical (unpaired) electrons. The van der Waals surface area contributed by atoms with Gasteiger partial charge in [0.25, 0.3) is 0 Å². The maximum Gasteiger partial charge on any atom is 0.213 e. The summed E-state index contributed by atoms with van der Waals surface area (Å²) in [6.07, 6.45) is 5.71. The van der Waals surface area contributed by atoms with Gasteiger partial charge in [0.05, 0.1) is 7.11 Å². The summed E-state index contributed by atoms with van der Waals surface area (Å²) in [7, 11) is 3.79. The number of hydrogen-bond acceptors (Lipinski definition) is 4. The molecule has 1 aromatic rings. The number of nitrogens with zero attached hydrogens (tertiary/aromatic N) is 2. The number of hydrogen-bond donors (Lipinski definition) is 0. The van der Waals surface area contributed by atoms with Crippen LogP contribution in [0.15, 0.2) is 18.2 Å². The number of pyridine rings is 1.